The number of rotatable bonds is 2. The molecular weight excluding hydrogens is 240 g/mol. The van der Waals surface area contributed by atoms with Crippen LogP contribution in [0.5, 0.6) is 0 Å². The Labute approximate surface area is 113 Å². The molecule has 1 atom stereocenters. The summed E-state index contributed by atoms with van der Waals surface area (Å²) in [5.74, 6) is -0.769. The van der Waals surface area contributed by atoms with E-state index >= 15 is 0 Å². The lowest BCUT2D eigenvalue weighted by Gasteiger charge is -2.26. The molecule has 0 saturated heterocycles. The summed E-state index contributed by atoms with van der Waals surface area (Å²) < 4.78 is 5.07. The number of carbonyl (C=O) groups excluding carboxylic acids is 1. The van der Waals surface area contributed by atoms with Gasteiger partial charge in [0, 0.05) is 5.70 Å². The Bertz CT molecular complexity index is 483. The number of hydrogen-bond donors (Lipinski definition) is 1. The molecule has 0 amide bonds. The van der Waals surface area contributed by atoms with E-state index < -0.39 is 5.92 Å². The number of esters is 1. The second-order valence-corrected chi connectivity index (χ2v) is 5.09. The molecule has 19 heavy (non-hydrogen) atoms. The van der Waals surface area contributed by atoms with Crippen LogP contribution in [0.1, 0.15) is 45.4 Å². The van der Waals surface area contributed by atoms with Crippen LogP contribution in [0, 0.1) is 17.2 Å². The van der Waals surface area contributed by atoms with Crippen molar-refractivity contribution in [1.82, 2.24) is 0 Å². The Kier molecular flexibility index (Phi) is 4.26. The minimum atomic E-state index is -0.466. The maximum atomic E-state index is 12.0. The van der Waals surface area contributed by atoms with Crippen LogP contribution in [0.2, 0.25) is 0 Å². The van der Waals surface area contributed by atoms with Gasteiger partial charge in [-0.3, -0.25) is 4.79 Å². The van der Waals surface area contributed by atoms with Crippen molar-refractivity contribution in [3.8, 4) is 6.07 Å². The van der Waals surface area contributed by atoms with E-state index in [1.807, 2.05) is 0 Å². The smallest absolute Gasteiger partial charge is 0.315 e. The lowest BCUT2D eigenvalue weighted by molar-refractivity contribution is -0.146. The molecule has 0 fully saturated rings. The molecule has 0 radical (unpaired) electrons. The molecule has 0 heterocycles. The van der Waals surface area contributed by atoms with E-state index in [0.717, 1.165) is 31.3 Å². The zero-order chi connectivity index (χ0) is 13.8. The third-order valence-corrected chi connectivity index (χ3v) is 3.93. The monoisotopic (exact) mass is 260 g/mol. The van der Waals surface area contributed by atoms with E-state index in [-0.39, 0.29) is 5.97 Å². The highest BCUT2D eigenvalue weighted by Crippen LogP contribution is 2.39. The molecule has 4 nitrogen and oxygen atoms in total. The number of nitriles is 1. The first kappa shape index (κ1) is 13.7. The van der Waals surface area contributed by atoms with Gasteiger partial charge in [-0.25, -0.2) is 0 Å². The maximum absolute atomic E-state index is 12.0. The Hall–Kier alpha value is -1.76. The number of nitrogens with zero attached hydrogens (tertiary/aromatic N) is 1. The fourth-order valence-electron chi connectivity index (χ4n) is 2.96. The van der Waals surface area contributed by atoms with Crippen molar-refractivity contribution >= 4 is 5.97 Å². The molecule has 0 saturated carbocycles. The van der Waals surface area contributed by atoms with Crippen molar-refractivity contribution in [2.45, 2.75) is 45.4 Å². The molecule has 4 heteroatoms. The van der Waals surface area contributed by atoms with Gasteiger partial charge >= 0.3 is 5.97 Å². The third kappa shape index (κ3) is 2.65. The first-order valence-corrected chi connectivity index (χ1v) is 6.96. The Morgan fingerprint density at radius 3 is 2.84 bits per heavy atom. The second kappa shape index (κ2) is 5.92. The summed E-state index contributed by atoms with van der Waals surface area (Å²) >= 11 is 0. The van der Waals surface area contributed by atoms with E-state index in [2.05, 4.69) is 6.07 Å². The summed E-state index contributed by atoms with van der Waals surface area (Å²) in [6, 6.07) is 2.20. The predicted octanol–water partition coefficient (Wildman–Crippen LogP) is 2.57. The standard InChI is InChI=1S/C15H20N2O2/c1-2-19-15(18)12-8-10-6-4-3-5-7-11(10)13(9-16)14(12)17/h12H,2-8,17H2,1H3. The normalized spacial score (nSPS) is 23.5. The molecule has 1 unspecified atom stereocenters. The van der Waals surface area contributed by atoms with Crippen molar-refractivity contribution in [2.75, 3.05) is 6.61 Å². The van der Waals surface area contributed by atoms with Gasteiger partial charge in [0.1, 0.15) is 12.0 Å². The van der Waals surface area contributed by atoms with Gasteiger partial charge in [-0.15, -0.1) is 0 Å². The Balaban J connectivity index is 2.35. The van der Waals surface area contributed by atoms with Crippen molar-refractivity contribution in [3.63, 3.8) is 0 Å². The molecule has 0 aliphatic heterocycles. The van der Waals surface area contributed by atoms with Gasteiger partial charge in [-0.05, 0) is 44.6 Å². The molecule has 0 spiro atoms. The highest BCUT2D eigenvalue weighted by molar-refractivity contribution is 5.78. The summed E-state index contributed by atoms with van der Waals surface area (Å²) in [5, 5.41) is 9.35. The third-order valence-electron chi connectivity index (χ3n) is 3.93. The van der Waals surface area contributed by atoms with Gasteiger partial charge in [0.15, 0.2) is 0 Å². The Morgan fingerprint density at radius 1 is 1.42 bits per heavy atom. The number of hydrogen-bond acceptors (Lipinski definition) is 4. The van der Waals surface area contributed by atoms with Gasteiger partial charge in [-0.2, -0.15) is 5.26 Å². The summed E-state index contributed by atoms with van der Waals surface area (Å²) in [6.45, 7) is 2.12. The average Bonchev–Trinajstić information content (AvgIpc) is 2.63. The average molecular weight is 260 g/mol. The lowest BCUT2D eigenvalue weighted by atomic mass is 9.80. The van der Waals surface area contributed by atoms with Crippen LogP contribution in [0.3, 0.4) is 0 Å². The van der Waals surface area contributed by atoms with Crippen molar-refractivity contribution in [1.29, 1.82) is 5.26 Å². The van der Waals surface area contributed by atoms with Crippen LogP contribution >= 0.6 is 0 Å². The van der Waals surface area contributed by atoms with E-state index in [1.165, 1.54) is 12.0 Å². The van der Waals surface area contributed by atoms with E-state index in [4.69, 9.17) is 10.5 Å². The molecule has 2 N–H and O–H groups in total. The van der Waals surface area contributed by atoms with Crippen LogP contribution in [0.4, 0.5) is 0 Å². The van der Waals surface area contributed by atoms with Crippen LogP contribution < -0.4 is 5.73 Å². The zero-order valence-corrected chi connectivity index (χ0v) is 11.4. The topological polar surface area (TPSA) is 76.1 Å². The first-order chi connectivity index (χ1) is 9.19. The van der Waals surface area contributed by atoms with Gasteiger partial charge in [0.2, 0.25) is 0 Å². The van der Waals surface area contributed by atoms with Gasteiger partial charge < -0.3 is 10.5 Å². The van der Waals surface area contributed by atoms with Crippen LogP contribution in [0.25, 0.3) is 0 Å². The molecule has 2 aliphatic rings. The molecule has 0 aromatic rings. The zero-order valence-electron chi connectivity index (χ0n) is 11.4. The van der Waals surface area contributed by atoms with Gasteiger partial charge in [0.05, 0.1) is 12.2 Å². The van der Waals surface area contributed by atoms with Crippen LogP contribution in [0.15, 0.2) is 22.4 Å². The summed E-state index contributed by atoms with van der Waals surface area (Å²) in [6.07, 6.45) is 5.92. The first-order valence-electron chi connectivity index (χ1n) is 6.96. The summed E-state index contributed by atoms with van der Waals surface area (Å²) in [7, 11) is 0. The minimum absolute atomic E-state index is 0.302. The number of nitrogens with two attached hydrogens (primary N) is 1. The fourth-order valence-corrected chi connectivity index (χ4v) is 2.96. The number of ether oxygens (including phenoxy) is 1. The molecule has 102 valence electrons. The van der Waals surface area contributed by atoms with E-state index in [0.29, 0.717) is 24.3 Å². The number of allylic oxidation sites excluding steroid dienone is 3. The van der Waals surface area contributed by atoms with E-state index in [1.54, 1.807) is 6.92 Å². The molecular formula is C15H20N2O2. The predicted molar refractivity (Wildman–Crippen MR) is 71.7 cm³/mol. The number of carbonyl (C=O) groups is 1. The highest BCUT2D eigenvalue weighted by Gasteiger charge is 2.33. The molecule has 0 aromatic carbocycles. The van der Waals surface area contributed by atoms with Gasteiger partial charge in [-0.1, -0.05) is 12.0 Å². The largest absolute Gasteiger partial charge is 0.465 e. The van der Waals surface area contributed by atoms with Crippen LogP contribution in [-0.2, 0) is 9.53 Å². The maximum Gasteiger partial charge on any atom is 0.315 e. The highest BCUT2D eigenvalue weighted by atomic mass is 16.5. The molecule has 2 aliphatic carbocycles. The minimum Gasteiger partial charge on any atom is -0.465 e. The summed E-state index contributed by atoms with van der Waals surface area (Å²) in [4.78, 5) is 12.0. The van der Waals surface area contributed by atoms with E-state index in [9.17, 15) is 10.1 Å². The molecule has 0 aromatic heterocycles. The SMILES string of the molecule is CCOC(=O)C1CC2=C(CCCCC2)C(C#N)=C1N. The van der Waals surface area contributed by atoms with Crippen molar-refractivity contribution in [3.05, 3.63) is 22.4 Å². The lowest BCUT2D eigenvalue weighted by Crippen LogP contribution is -2.29. The van der Waals surface area contributed by atoms with Crippen molar-refractivity contribution in [2.24, 2.45) is 11.7 Å². The Morgan fingerprint density at radius 2 is 2.16 bits per heavy atom. The fraction of sp³-hybridized carbons (Fsp3) is 0.600. The quantitative estimate of drug-likeness (QED) is 0.774. The van der Waals surface area contributed by atoms with Gasteiger partial charge in [0.25, 0.3) is 0 Å². The second-order valence-electron chi connectivity index (χ2n) is 5.09. The van der Waals surface area contributed by atoms with Crippen LogP contribution in [-0.4, -0.2) is 12.6 Å². The van der Waals surface area contributed by atoms with Crippen molar-refractivity contribution < 1.29 is 9.53 Å². The molecule has 0 bridgehead atoms. The molecule has 2 rings (SSSR count). The summed E-state index contributed by atoms with van der Waals surface area (Å²) in [5.41, 5.74) is 9.31.